The second-order valence-electron chi connectivity index (χ2n) is 6.31. The fourth-order valence-electron chi connectivity index (χ4n) is 3.70. The van der Waals surface area contributed by atoms with Crippen LogP contribution in [-0.4, -0.2) is 42.8 Å². The third-order valence-corrected chi connectivity index (χ3v) is 4.76. The van der Waals surface area contributed by atoms with Gasteiger partial charge in [0.15, 0.2) is 0 Å². The summed E-state index contributed by atoms with van der Waals surface area (Å²) < 4.78 is 0. The number of nitrogens with zero attached hydrogens (tertiary/aromatic N) is 1. The Morgan fingerprint density at radius 3 is 2.76 bits per heavy atom. The summed E-state index contributed by atoms with van der Waals surface area (Å²) in [5, 5.41) is 12.5. The number of aliphatic hydroxyl groups excluding tert-OH is 1. The Kier molecular flexibility index (Phi) is 6.68. The van der Waals surface area contributed by atoms with Crippen molar-refractivity contribution in [3.05, 3.63) is 35.9 Å². The molecule has 0 saturated carbocycles. The topological polar surface area (TPSA) is 35.5 Å². The van der Waals surface area contributed by atoms with Crippen LogP contribution in [0.15, 0.2) is 30.3 Å². The van der Waals surface area contributed by atoms with E-state index < -0.39 is 0 Å². The summed E-state index contributed by atoms with van der Waals surface area (Å²) in [5.41, 5.74) is 1.37. The average Bonchev–Trinajstić information content (AvgIpc) is 2.94. The minimum atomic E-state index is 0.322. The van der Waals surface area contributed by atoms with Gasteiger partial charge in [-0.15, -0.1) is 0 Å². The predicted molar refractivity (Wildman–Crippen MR) is 88.3 cm³/mol. The van der Waals surface area contributed by atoms with Crippen LogP contribution in [0, 0.1) is 5.92 Å². The molecule has 21 heavy (non-hydrogen) atoms. The molecule has 3 nitrogen and oxygen atoms in total. The number of aliphatic hydroxyl groups is 1. The van der Waals surface area contributed by atoms with Crippen molar-refractivity contribution in [2.45, 2.75) is 44.7 Å². The molecule has 3 atom stereocenters. The molecule has 1 aliphatic heterocycles. The first-order chi connectivity index (χ1) is 10.3. The van der Waals surface area contributed by atoms with Crippen LogP contribution in [0.3, 0.4) is 0 Å². The van der Waals surface area contributed by atoms with E-state index in [4.69, 9.17) is 5.11 Å². The third kappa shape index (κ3) is 4.53. The Balaban J connectivity index is 1.94. The molecular formula is C18H30N2O. The Morgan fingerprint density at radius 1 is 1.33 bits per heavy atom. The lowest BCUT2D eigenvalue weighted by molar-refractivity contribution is 0.180. The van der Waals surface area contributed by atoms with E-state index in [9.17, 15) is 0 Å². The van der Waals surface area contributed by atoms with E-state index in [2.05, 4.69) is 54.5 Å². The van der Waals surface area contributed by atoms with Gasteiger partial charge in [0.05, 0.1) is 0 Å². The molecule has 2 N–H and O–H groups in total. The summed E-state index contributed by atoms with van der Waals surface area (Å²) in [6.07, 6.45) is 4.67. The Morgan fingerprint density at radius 2 is 2.10 bits per heavy atom. The lowest BCUT2D eigenvalue weighted by atomic mass is 9.93. The SMILES string of the molecule is CNC(c1ccccc1)C(C)CN1CCCC1CCCO. The fraction of sp³-hybridized carbons (Fsp3) is 0.667. The van der Waals surface area contributed by atoms with Gasteiger partial charge in [-0.3, -0.25) is 0 Å². The van der Waals surface area contributed by atoms with Crippen molar-refractivity contribution in [2.24, 2.45) is 5.92 Å². The summed E-state index contributed by atoms with van der Waals surface area (Å²) in [4.78, 5) is 2.63. The summed E-state index contributed by atoms with van der Waals surface area (Å²) >= 11 is 0. The highest BCUT2D eigenvalue weighted by atomic mass is 16.2. The minimum Gasteiger partial charge on any atom is -0.396 e. The fourth-order valence-corrected chi connectivity index (χ4v) is 3.70. The zero-order chi connectivity index (χ0) is 15.1. The normalized spacial score (nSPS) is 22.3. The van der Waals surface area contributed by atoms with Gasteiger partial charge >= 0.3 is 0 Å². The number of hydrogen-bond donors (Lipinski definition) is 2. The van der Waals surface area contributed by atoms with Gasteiger partial charge in [0.1, 0.15) is 0 Å². The first kappa shape index (κ1) is 16.5. The summed E-state index contributed by atoms with van der Waals surface area (Å²) in [7, 11) is 2.06. The summed E-state index contributed by atoms with van der Waals surface area (Å²) in [6.45, 7) is 5.01. The van der Waals surface area contributed by atoms with Crippen molar-refractivity contribution in [3.63, 3.8) is 0 Å². The van der Waals surface area contributed by atoms with Crippen LogP contribution in [0.1, 0.15) is 44.2 Å². The van der Waals surface area contributed by atoms with Crippen molar-refractivity contribution in [3.8, 4) is 0 Å². The van der Waals surface area contributed by atoms with Crippen LogP contribution in [0.5, 0.6) is 0 Å². The van der Waals surface area contributed by atoms with Gasteiger partial charge in [-0.05, 0) is 50.8 Å². The van der Waals surface area contributed by atoms with E-state index in [1.807, 2.05) is 0 Å². The maximum Gasteiger partial charge on any atom is 0.0431 e. The van der Waals surface area contributed by atoms with Crippen LogP contribution >= 0.6 is 0 Å². The van der Waals surface area contributed by atoms with Crippen LogP contribution in [0.25, 0.3) is 0 Å². The van der Waals surface area contributed by atoms with Gasteiger partial charge in [-0.25, -0.2) is 0 Å². The quantitative estimate of drug-likeness (QED) is 0.773. The summed E-state index contributed by atoms with van der Waals surface area (Å²) in [5.74, 6) is 0.576. The van der Waals surface area contributed by atoms with Crippen LogP contribution in [0.4, 0.5) is 0 Å². The van der Waals surface area contributed by atoms with E-state index in [0.717, 1.165) is 19.4 Å². The second-order valence-corrected chi connectivity index (χ2v) is 6.31. The molecular weight excluding hydrogens is 260 g/mol. The predicted octanol–water partition coefficient (Wildman–Crippen LogP) is 2.82. The van der Waals surface area contributed by atoms with Gasteiger partial charge in [-0.2, -0.15) is 0 Å². The van der Waals surface area contributed by atoms with Gasteiger partial charge in [0.2, 0.25) is 0 Å². The first-order valence-electron chi connectivity index (χ1n) is 8.33. The van der Waals surface area contributed by atoms with Gasteiger partial charge in [-0.1, -0.05) is 37.3 Å². The lowest BCUT2D eigenvalue weighted by Crippen LogP contribution is -2.37. The zero-order valence-corrected chi connectivity index (χ0v) is 13.5. The van der Waals surface area contributed by atoms with Crippen molar-refractivity contribution in [1.29, 1.82) is 0 Å². The molecule has 1 aromatic carbocycles. The van der Waals surface area contributed by atoms with Gasteiger partial charge < -0.3 is 15.3 Å². The summed E-state index contributed by atoms with van der Waals surface area (Å²) in [6, 6.07) is 11.8. The zero-order valence-electron chi connectivity index (χ0n) is 13.5. The molecule has 1 heterocycles. The van der Waals surface area contributed by atoms with E-state index in [1.165, 1.54) is 24.9 Å². The number of likely N-dealkylation sites (tertiary alicyclic amines) is 1. The second kappa shape index (κ2) is 8.52. The molecule has 0 aromatic heterocycles. The third-order valence-electron chi connectivity index (χ3n) is 4.76. The van der Waals surface area contributed by atoms with Gasteiger partial charge in [0, 0.05) is 25.2 Å². The number of hydrogen-bond acceptors (Lipinski definition) is 3. The highest BCUT2D eigenvalue weighted by molar-refractivity contribution is 5.19. The van der Waals surface area contributed by atoms with Crippen molar-refractivity contribution < 1.29 is 5.11 Å². The van der Waals surface area contributed by atoms with E-state index in [-0.39, 0.29) is 0 Å². The van der Waals surface area contributed by atoms with Gasteiger partial charge in [0.25, 0.3) is 0 Å². The molecule has 118 valence electrons. The Bertz CT molecular complexity index is 395. The van der Waals surface area contributed by atoms with E-state index >= 15 is 0 Å². The van der Waals surface area contributed by atoms with E-state index in [1.54, 1.807) is 0 Å². The standard InChI is InChI=1S/C18H30N2O/c1-15(18(19-2)16-8-4-3-5-9-16)14-20-12-6-10-17(20)11-7-13-21/h3-5,8-9,15,17-19,21H,6-7,10-14H2,1-2H3. The molecule has 1 aromatic rings. The molecule has 0 radical (unpaired) electrons. The molecule has 0 spiro atoms. The molecule has 1 saturated heterocycles. The number of benzene rings is 1. The monoisotopic (exact) mass is 290 g/mol. The largest absolute Gasteiger partial charge is 0.396 e. The molecule has 1 aliphatic rings. The lowest BCUT2D eigenvalue weighted by Gasteiger charge is -2.31. The molecule has 1 fully saturated rings. The van der Waals surface area contributed by atoms with Crippen LogP contribution < -0.4 is 5.32 Å². The maximum atomic E-state index is 9.04. The number of rotatable bonds is 8. The highest BCUT2D eigenvalue weighted by Crippen LogP contribution is 2.27. The Hall–Kier alpha value is -0.900. The van der Waals surface area contributed by atoms with Crippen LogP contribution in [-0.2, 0) is 0 Å². The molecule has 2 rings (SSSR count). The van der Waals surface area contributed by atoms with Crippen LogP contribution in [0.2, 0.25) is 0 Å². The Labute approximate surface area is 129 Å². The van der Waals surface area contributed by atoms with Crippen molar-refractivity contribution >= 4 is 0 Å². The highest BCUT2D eigenvalue weighted by Gasteiger charge is 2.27. The smallest absolute Gasteiger partial charge is 0.0431 e. The minimum absolute atomic E-state index is 0.322. The number of nitrogens with one attached hydrogen (secondary N) is 1. The van der Waals surface area contributed by atoms with Crippen molar-refractivity contribution in [2.75, 3.05) is 26.7 Å². The molecule has 0 amide bonds. The maximum absolute atomic E-state index is 9.04. The molecule has 0 aliphatic carbocycles. The molecule has 3 heteroatoms. The van der Waals surface area contributed by atoms with E-state index in [0.29, 0.717) is 24.6 Å². The average molecular weight is 290 g/mol. The molecule has 0 bridgehead atoms. The van der Waals surface area contributed by atoms with Crippen molar-refractivity contribution in [1.82, 2.24) is 10.2 Å². The first-order valence-corrected chi connectivity index (χ1v) is 8.33. The molecule has 3 unspecified atom stereocenters.